The molecule has 0 saturated heterocycles. The molecule has 3 rings (SSSR count). The first kappa shape index (κ1) is 21.0. The molecule has 2 atom stereocenters. The highest BCUT2D eigenvalue weighted by Gasteiger charge is 2.54. The number of nitro benzene ring substituents is 1. The van der Waals surface area contributed by atoms with Crippen LogP contribution in [-0.4, -0.2) is 31.7 Å². The molecule has 9 nitrogen and oxygen atoms in total. The monoisotopic (exact) mass is 465 g/mol. The lowest BCUT2D eigenvalue weighted by atomic mass is 9.75. The van der Waals surface area contributed by atoms with Crippen LogP contribution in [0.1, 0.15) is 39.3 Å². The molecule has 10 heteroatoms. The second-order valence-electron chi connectivity index (χ2n) is 7.61. The summed E-state index contributed by atoms with van der Waals surface area (Å²) in [6.45, 7) is 6.17. The second-order valence-corrected chi connectivity index (χ2v) is 8.47. The summed E-state index contributed by atoms with van der Waals surface area (Å²) in [5.41, 5.74) is -2.81. The average Bonchev–Trinajstić information content (AvgIpc) is 2.58. The summed E-state index contributed by atoms with van der Waals surface area (Å²) in [6.07, 6.45) is 1.40. The van der Waals surface area contributed by atoms with Crippen LogP contribution in [0.4, 0.5) is 11.4 Å². The minimum atomic E-state index is -1.63. The van der Waals surface area contributed by atoms with Gasteiger partial charge in [-0.05, 0) is 48.8 Å². The summed E-state index contributed by atoms with van der Waals surface area (Å²) in [6, 6.07) is 4.48. The maximum Gasteiger partial charge on any atom is 0.270 e. The molecule has 0 saturated carbocycles. The summed E-state index contributed by atoms with van der Waals surface area (Å²) >= 11 is 3.19. The van der Waals surface area contributed by atoms with Gasteiger partial charge in [-0.15, -0.1) is 0 Å². The summed E-state index contributed by atoms with van der Waals surface area (Å²) in [7, 11) is 0. The van der Waals surface area contributed by atoms with Gasteiger partial charge in [0.2, 0.25) is 5.91 Å². The number of hydrogen-bond acceptors (Lipinski definition) is 6. The fourth-order valence-electron chi connectivity index (χ4n) is 3.42. The van der Waals surface area contributed by atoms with Gasteiger partial charge in [-0.3, -0.25) is 19.7 Å². The normalized spacial score (nSPS) is 22.3. The zero-order valence-corrected chi connectivity index (χ0v) is 17.8. The number of nitrogens with zero attached hydrogens (tertiary/aromatic N) is 2. The number of non-ortho nitro benzene ring substituents is 1. The van der Waals surface area contributed by atoms with Crippen molar-refractivity contribution in [1.82, 2.24) is 4.57 Å². The van der Waals surface area contributed by atoms with Crippen LogP contribution < -0.4 is 15.6 Å². The van der Waals surface area contributed by atoms with Crippen molar-refractivity contribution >= 4 is 33.2 Å². The van der Waals surface area contributed by atoms with Crippen molar-refractivity contribution in [3.05, 3.63) is 61.0 Å². The zero-order valence-electron chi connectivity index (χ0n) is 16.2. The number of halogens is 1. The molecule has 1 aromatic heterocycles. The van der Waals surface area contributed by atoms with E-state index < -0.39 is 27.7 Å². The minimum Gasteiger partial charge on any atom is -0.484 e. The van der Waals surface area contributed by atoms with E-state index in [1.165, 1.54) is 48.9 Å². The number of anilines is 1. The van der Waals surface area contributed by atoms with E-state index in [2.05, 4.69) is 21.2 Å². The van der Waals surface area contributed by atoms with Gasteiger partial charge in [-0.25, -0.2) is 0 Å². The maximum absolute atomic E-state index is 13.0. The number of ether oxygens (including phenoxy) is 1. The number of carbonyl (C=O) groups is 1. The van der Waals surface area contributed by atoms with Crippen LogP contribution in [0.5, 0.6) is 5.75 Å². The van der Waals surface area contributed by atoms with Crippen molar-refractivity contribution in [3.63, 3.8) is 0 Å². The number of nitrogens with one attached hydrogen (secondary N) is 1. The fraction of sp³-hybridized carbons (Fsp3) is 0.368. The van der Waals surface area contributed by atoms with E-state index in [0.29, 0.717) is 11.4 Å². The topological polar surface area (TPSA) is 124 Å². The van der Waals surface area contributed by atoms with Gasteiger partial charge in [0.25, 0.3) is 11.2 Å². The number of amides is 1. The lowest BCUT2D eigenvalue weighted by Crippen LogP contribution is -2.60. The van der Waals surface area contributed by atoms with Crippen molar-refractivity contribution in [2.24, 2.45) is 0 Å². The number of aromatic nitrogens is 1. The fourth-order valence-corrected chi connectivity index (χ4v) is 3.87. The summed E-state index contributed by atoms with van der Waals surface area (Å²) in [4.78, 5) is 35.2. The molecular formula is C19H20BrN3O6. The second kappa shape index (κ2) is 6.96. The Balaban J connectivity index is 2.34. The predicted octanol–water partition coefficient (Wildman–Crippen LogP) is 2.99. The Morgan fingerprint density at radius 1 is 1.34 bits per heavy atom. The quantitative estimate of drug-likeness (QED) is 0.530. The first-order valence-corrected chi connectivity index (χ1v) is 9.53. The van der Waals surface area contributed by atoms with Gasteiger partial charge in [-0.2, -0.15) is 0 Å². The van der Waals surface area contributed by atoms with Gasteiger partial charge in [0.1, 0.15) is 17.0 Å². The average molecular weight is 466 g/mol. The maximum atomic E-state index is 13.0. The van der Waals surface area contributed by atoms with Gasteiger partial charge < -0.3 is 19.7 Å². The summed E-state index contributed by atoms with van der Waals surface area (Å²) < 4.78 is 7.33. The van der Waals surface area contributed by atoms with Crippen molar-refractivity contribution in [1.29, 1.82) is 0 Å². The van der Waals surface area contributed by atoms with Crippen LogP contribution in [-0.2, 0) is 4.79 Å². The molecular weight excluding hydrogens is 446 g/mol. The predicted molar refractivity (Wildman–Crippen MR) is 109 cm³/mol. The minimum absolute atomic E-state index is 0.163. The third kappa shape index (κ3) is 3.53. The molecule has 1 aliphatic heterocycles. The Hall–Kier alpha value is -2.72. The van der Waals surface area contributed by atoms with Gasteiger partial charge in [0.05, 0.1) is 21.1 Å². The van der Waals surface area contributed by atoms with Crippen LogP contribution in [0.25, 0.3) is 0 Å². The Morgan fingerprint density at radius 2 is 2.00 bits per heavy atom. The molecule has 2 N–H and O–H groups in total. The van der Waals surface area contributed by atoms with Crippen LogP contribution in [0.15, 0.2) is 39.7 Å². The smallest absolute Gasteiger partial charge is 0.270 e. The Labute approximate surface area is 174 Å². The number of aliphatic hydroxyl groups is 1. The summed E-state index contributed by atoms with van der Waals surface area (Å²) in [5.74, 6) is -0.0118. The molecule has 1 aromatic carbocycles. The van der Waals surface area contributed by atoms with Crippen molar-refractivity contribution in [2.45, 2.75) is 44.9 Å². The Bertz CT molecular complexity index is 1080. The van der Waals surface area contributed by atoms with Crippen molar-refractivity contribution < 1.29 is 19.6 Å². The van der Waals surface area contributed by atoms with Crippen molar-refractivity contribution in [3.8, 4) is 5.75 Å². The molecule has 154 valence electrons. The number of hydrogen-bond donors (Lipinski definition) is 2. The number of rotatable bonds is 3. The molecule has 0 spiro atoms. The van der Waals surface area contributed by atoms with E-state index in [1.807, 2.05) is 0 Å². The molecule has 0 radical (unpaired) electrons. The molecule has 29 heavy (non-hydrogen) atoms. The van der Waals surface area contributed by atoms with Gasteiger partial charge >= 0.3 is 0 Å². The molecule has 1 aliphatic rings. The van der Waals surface area contributed by atoms with Gasteiger partial charge in [0, 0.05) is 30.8 Å². The van der Waals surface area contributed by atoms with E-state index in [0.717, 1.165) is 0 Å². The molecule has 2 heterocycles. The Kier molecular flexibility index (Phi) is 5.04. The lowest BCUT2D eigenvalue weighted by Gasteiger charge is -2.49. The molecule has 2 aromatic rings. The van der Waals surface area contributed by atoms with E-state index in [9.17, 15) is 24.8 Å². The van der Waals surface area contributed by atoms with E-state index in [1.54, 1.807) is 13.8 Å². The van der Waals surface area contributed by atoms with Crippen LogP contribution in [0.2, 0.25) is 0 Å². The highest BCUT2D eigenvalue weighted by molar-refractivity contribution is 9.10. The summed E-state index contributed by atoms with van der Waals surface area (Å²) in [5, 5.41) is 25.3. The lowest BCUT2D eigenvalue weighted by molar-refractivity contribution is -0.385. The number of nitro groups is 1. The molecule has 0 fully saturated rings. The molecule has 2 unspecified atom stereocenters. The first-order valence-electron chi connectivity index (χ1n) is 8.74. The molecule has 1 amide bonds. The van der Waals surface area contributed by atoms with E-state index in [-0.39, 0.29) is 21.6 Å². The van der Waals surface area contributed by atoms with Gasteiger partial charge in [0.15, 0.2) is 0 Å². The number of benzene rings is 1. The SMILES string of the molecule is CC(=O)Nc1cc(Br)c(=O)n(C2c3cc([N+](=O)[O-])ccc3OC(C)(C)C2(C)O)c1. The van der Waals surface area contributed by atoms with Crippen molar-refractivity contribution in [2.75, 3.05) is 5.32 Å². The molecule has 0 bridgehead atoms. The zero-order chi connectivity index (χ0) is 21.7. The van der Waals surface area contributed by atoms with Crippen LogP contribution in [0.3, 0.4) is 0 Å². The third-order valence-corrected chi connectivity index (χ3v) is 5.78. The Morgan fingerprint density at radius 3 is 2.59 bits per heavy atom. The van der Waals surface area contributed by atoms with E-state index >= 15 is 0 Å². The number of carbonyl (C=O) groups excluding carboxylic acids is 1. The van der Waals surface area contributed by atoms with E-state index in [4.69, 9.17) is 4.74 Å². The molecule has 0 aliphatic carbocycles. The van der Waals surface area contributed by atoms with Crippen LogP contribution >= 0.6 is 15.9 Å². The largest absolute Gasteiger partial charge is 0.484 e. The number of fused-ring (bicyclic) bond motifs is 1. The number of pyridine rings is 1. The standard InChI is InChI=1S/C19H20BrN3O6/c1-10(24)21-11-7-14(20)17(25)22(9-11)16-13-8-12(23(27)28)5-6-15(13)29-18(2,3)19(16,4)26/h5-9,16,26H,1-4H3,(H,21,24). The highest BCUT2D eigenvalue weighted by Crippen LogP contribution is 2.48. The van der Waals surface area contributed by atoms with Crippen LogP contribution in [0, 0.1) is 10.1 Å². The van der Waals surface area contributed by atoms with Gasteiger partial charge in [-0.1, -0.05) is 0 Å². The first-order chi connectivity index (χ1) is 13.3. The highest BCUT2D eigenvalue weighted by atomic mass is 79.9. The third-order valence-electron chi connectivity index (χ3n) is 5.21.